The topological polar surface area (TPSA) is 26.2 Å². The zero-order chi connectivity index (χ0) is 95.3. The lowest BCUT2D eigenvalue weighted by molar-refractivity contribution is 1.18. The zero-order valence-electron chi connectivity index (χ0n) is 79.0. The number of anilines is 6. The fraction of sp³-hybridized carbons (Fsp3) is 0. The molecule has 0 spiro atoms. The molecule has 0 amide bonds. The number of nitrogens with zero attached hydrogens (tertiary/aromatic N) is 6. The van der Waals surface area contributed by atoms with Gasteiger partial charge in [-0.15, -0.1) is 0 Å². The molecule has 0 aliphatic heterocycles. The van der Waals surface area contributed by atoms with E-state index in [1.165, 1.54) is 187 Å². The molecule has 4 aromatic heterocycles. The zero-order valence-corrected chi connectivity index (χ0v) is 79.0. The highest BCUT2D eigenvalue weighted by molar-refractivity contribution is 6.16. The van der Waals surface area contributed by atoms with Gasteiger partial charge in [-0.05, 0) is 312 Å². The molecule has 0 radical (unpaired) electrons. The third-order valence-corrected chi connectivity index (χ3v) is 28.6. The molecule has 0 bridgehead atoms. The molecule has 0 saturated heterocycles. The van der Waals surface area contributed by atoms with E-state index in [1.54, 1.807) is 0 Å². The molecular formula is C138H94N6. The lowest BCUT2D eigenvalue weighted by Gasteiger charge is -2.27. The minimum absolute atomic E-state index is 1.09. The first-order chi connectivity index (χ1) is 71.4. The first kappa shape index (κ1) is 85.3. The Morgan fingerprint density at radius 1 is 0.0972 bits per heavy atom. The minimum Gasteiger partial charge on any atom is -0.310 e. The molecule has 144 heavy (non-hydrogen) atoms. The van der Waals surface area contributed by atoms with E-state index < -0.39 is 0 Å². The predicted octanol–water partition coefficient (Wildman–Crippen LogP) is 37.7. The van der Waals surface area contributed by atoms with Crippen LogP contribution in [-0.2, 0) is 0 Å². The maximum Gasteiger partial charge on any atom is 0.0541 e. The fourth-order valence-electron chi connectivity index (χ4n) is 21.6. The third-order valence-electron chi connectivity index (χ3n) is 28.6. The predicted molar refractivity (Wildman–Crippen MR) is 609 cm³/mol. The highest BCUT2D eigenvalue weighted by Crippen LogP contribution is 2.48. The quantitative estimate of drug-likeness (QED) is 0.0806. The molecule has 4 heterocycles. The van der Waals surface area contributed by atoms with Crippen molar-refractivity contribution in [2.45, 2.75) is 0 Å². The van der Waals surface area contributed by atoms with Crippen LogP contribution in [0.25, 0.3) is 210 Å². The van der Waals surface area contributed by atoms with Gasteiger partial charge in [0.05, 0.1) is 44.1 Å². The Morgan fingerprint density at radius 3 is 0.583 bits per heavy atom. The monoisotopic (exact) mass is 1830 g/mol. The van der Waals surface area contributed by atoms with Gasteiger partial charge in [-0.25, -0.2) is 0 Å². The van der Waals surface area contributed by atoms with Crippen LogP contribution in [0.2, 0.25) is 0 Å². The van der Waals surface area contributed by atoms with E-state index in [2.05, 4.69) is 598 Å². The van der Waals surface area contributed by atoms with Crippen molar-refractivity contribution in [3.05, 3.63) is 570 Å². The Labute approximate surface area is 836 Å². The second kappa shape index (κ2) is 37.0. The van der Waals surface area contributed by atoms with Gasteiger partial charge in [0.2, 0.25) is 0 Å². The van der Waals surface area contributed by atoms with E-state index in [4.69, 9.17) is 0 Å². The molecule has 6 heteroatoms. The summed E-state index contributed by atoms with van der Waals surface area (Å²) in [5.41, 5.74) is 42.1. The van der Waals surface area contributed by atoms with Crippen molar-refractivity contribution in [1.82, 2.24) is 18.3 Å². The maximum atomic E-state index is 2.41. The molecule has 27 aromatic rings. The van der Waals surface area contributed by atoms with Crippen LogP contribution in [0.3, 0.4) is 0 Å². The third kappa shape index (κ3) is 15.9. The van der Waals surface area contributed by atoms with Crippen molar-refractivity contribution < 1.29 is 0 Å². The van der Waals surface area contributed by atoms with Crippen LogP contribution in [0.4, 0.5) is 34.1 Å². The van der Waals surface area contributed by atoms with Gasteiger partial charge in [-0.3, -0.25) is 0 Å². The van der Waals surface area contributed by atoms with E-state index in [0.29, 0.717) is 0 Å². The van der Waals surface area contributed by atoms with Gasteiger partial charge in [-0.1, -0.05) is 358 Å². The fourth-order valence-corrected chi connectivity index (χ4v) is 21.6. The van der Waals surface area contributed by atoms with Crippen LogP contribution in [0.1, 0.15) is 0 Å². The van der Waals surface area contributed by atoms with Crippen molar-refractivity contribution in [2.24, 2.45) is 0 Å². The normalized spacial score (nSPS) is 11.5. The Morgan fingerprint density at radius 2 is 0.278 bits per heavy atom. The van der Waals surface area contributed by atoms with Gasteiger partial charge in [-0.2, -0.15) is 0 Å². The number of benzene rings is 23. The average molecular weight is 1840 g/mol. The van der Waals surface area contributed by atoms with Gasteiger partial charge in [0.25, 0.3) is 0 Å². The van der Waals surface area contributed by atoms with Gasteiger partial charge in [0.15, 0.2) is 0 Å². The molecule has 0 unspecified atom stereocenters. The second-order valence-corrected chi connectivity index (χ2v) is 37.1. The van der Waals surface area contributed by atoms with Crippen molar-refractivity contribution >= 4 is 121 Å². The van der Waals surface area contributed by atoms with E-state index in [0.717, 1.165) is 56.7 Å². The molecule has 0 N–H and O–H groups in total. The summed E-state index contributed by atoms with van der Waals surface area (Å²) in [5, 5.41) is 9.91. The molecule has 676 valence electrons. The van der Waals surface area contributed by atoms with Crippen LogP contribution in [0.5, 0.6) is 0 Å². The van der Waals surface area contributed by atoms with Gasteiger partial charge >= 0.3 is 0 Å². The summed E-state index contributed by atoms with van der Waals surface area (Å²) >= 11 is 0. The van der Waals surface area contributed by atoms with Gasteiger partial charge in [0, 0.05) is 100.0 Å². The molecule has 0 saturated carbocycles. The van der Waals surface area contributed by atoms with Crippen molar-refractivity contribution in [1.29, 1.82) is 0 Å². The standard InChI is InChI=1S/C72H49N3.C66H45N3/c1-6-18-50(19-7-1)58-44-59(51-20-8-2-9-21-51)46-64(45-58)73(60-22-10-3-11-23-60)63-39-34-53(35-40-63)52-30-32-54(33-31-52)55-36-41-71-67(47-55)68-49-57(38-43-72(68)75(71)62-26-14-5-15-27-62)56-37-42-70-66(48-56)65-28-16-17-29-69(65)74(70)61-24-12-4-13-25-61;1-5-16-46(17-6-1)50-18-15-25-58(42-50)67(54-19-7-2-8-20-54)57-37-32-48(33-38-57)47-28-30-49(31-29-47)51-34-39-65-61(43-51)62-45-53(36-41-66(62)69(65)56-23-11-4-12-24-56)52-35-40-64-60(44-52)59-26-13-14-27-63(59)68(64)55-21-9-3-10-22-55/h1-49H;1-45H. The average Bonchev–Trinajstić information content (AvgIpc) is 1.58. The van der Waals surface area contributed by atoms with Crippen molar-refractivity contribution in [3.8, 4) is 123 Å². The van der Waals surface area contributed by atoms with Crippen LogP contribution >= 0.6 is 0 Å². The van der Waals surface area contributed by atoms with Crippen LogP contribution in [0, 0.1) is 0 Å². The molecule has 0 aliphatic rings. The lowest BCUT2D eigenvalue weighted by Crippen LogP contribution is -2.10. The van der Waals surface area contributed by atoms with E-state index in [-0.39, 0.29) is 0 Å². The summed E-state index contributed by atoms with van der Waals surface area (Å²) in [6, 6.07) is 207. The highest BCUT2D eigenvalue weighted by atomic mass is 15.1. The summed E-state index contributed by atoms with van der Waals surface area (Å²) in [6.45, 7) is 0. The van der Waals surface area contributed by atoms with Crippen molar-refractivity contribution in [3.63, 3.8) is 0 Å². The number of hydrogen-bond donors (Lipinski definition) is 0. The van der Waals surface area contributed by atoms with Crippen LogP contribution < -0.4 is 9.80 Å². The molecule has 0 aliphatic carbocycles. The number of fused-ring (bicyclic) bond motifs is 12. The SMILES string of the molecule is c1ccc(-c2cc(-c3ccccc3)cc(N(c3ccccc3)c3ccc(-c4ccc(-c5ccc6c(c5)c5cc(-c7ccc8c(c7)c7ccccc7n8-c7ccccc7)ccc5n6-c5ccccc5)cc4)cc3)c2)cc1.c1ccc(-c2cccc(N(c3ccccc3)c3ccc(-c4ccc(-c5ccc6c(c5)c5cc(-c7ccc8c(c7)c7ccccc7n8-c7ccccc7)ccc5n6-c5ccccc5)cc4)cc3)c2)cc1. The lowest BCUT2D eigenvalue weighted by atomic mass is 9.97. The summed E-state index contributed by atoms with van der Waals surface area (Å²) < 4.78 is 9.57. The minimum atomic E-state index is 1.09. The van der Waals surface area contributed by atoms with Crippen LogP contribution in [-0.4, -0.2) is 18.3 Å². The maximum absolute atomic E-state index is 2.41. The molecule has 0 atom stereocenters. The second-order valence-electron chi connectivity index (χ2n) is 37.1. The Kier molecular flexibility index (Phi) is 21.9. The Balaban J connectivity index is 0.000000147. The summed E-state index contributed by atoms with van der Waals surface area (Å²) in [4.78, 5) is 4.70. The summed E-state index contributed by atoms with van der Waals surface area (Å²) in [5.74, 6) is 0. The molecule has 6 nitrogen and oxygen atoms in total. The van der Waals surface area contributed by atoms with E-state index >= 15 is 0 Å². The Hall–Kier alpha value is -19.1. The smallest absolute Gasteiger partial charge is 0.0541 e. The molecule has 27 rings (SSSR count). The van der Waals surface area contributed by atoms with E-state index in [9.17, 15) is 0 Å². The van der Waals surface area contributed by atoms with Crippen molar-refractivity contribution in [2.75, 3.05) is 9.80 Å². The van der Waals surface area contributed by atoms with Gasteiger partial charge in [0.1, 0.15) is 0 Å². The summed E-state index contributed by atoms with van der Waals surface area (Å²) in [6.07, 6.45) is 0. The highest BCUT2D eigenvalue weighted by Gasteiger charge is 2.24. The first-order valence-electron chi connectivity index (χ1n) is 49.4. The van der Waals surface area contributed by atoms with Gasteiger partial charge < -0.3 is 28.1 Å². The first-order valence-corrected chi connectivity index (χ1v) is 49.4. The number of rotatable bonds is 19. The van der Waals surface area contributed by atoms with Crippen LogP contribution in [0.15, 0.2) is 570 Å². The number of aromatic nitrogens is 4. The Bertz CT molecular complexity index is 9350. The molecular weight excluding hydrogens is 1740 g/mol. The molecule has 23 aromatic carbocycles. The number of para-hydroxylation sites is 8. The largest absolute Gasteiger partial charge is 0.310 e. The number of hydrogen-bond acceptors (Lipinski definition) is 2. The van der Waals surface area contributed by atoms with E-state index in [1.807, 2.05) is 0 Å². The molecule has 0 fully saturated rings. The summed E-state index contributed by atoms with van der Waals surface area (Å²) in [7, 11) is 0.